The van der Waals surface area contributed by atoms with Crippen LogP contribution in [-0.4, -0.2) is 29.9 Å². The number of nitrogens with one attached hydrogen (secondary N) is 1. The largest absolute Gasteiger partial charge is 0.335 e. The molecule has 1 aliphatic carbocycles. The van der Waals surface area contributed by atoms with E-state index in [0.717, 1.165) is 32.5 Å². The van der Waals surface area contributed by atoms with Crippen LogP contribution >= 0.6 is 0 Å². The third kappa shape index (κ3) is 3.21. The van der Waals surface area contributed by atoms with Crippen LogP contribution in [0.4, 0.5) is 0 Å². The van der Waals surface area contributed by atoms with Crippen LogP contribution in [0.25, 0.3) is 0 Å². The number of nitrogens with zero attached hydrogens (tertiary/aromatic N) is 1. The zero-order chi connectivity index (χ0) is 13.9. The molecule has 2 fully saturated rings. The van der Waals surface area contributed by atoms with E-state index in [1.54, 1.807) is 0 Å². The van der Waals surface area contributed by atoms with Crippen molar-refractivity contribution in [2.45, 2.75) is 45.2 Å². The predicted molar refractivity (Wildman–Crippen MR) is 80.3 cm³/mol. The standard InChI is InChI=1S/C17H24N2O/c1-13-4-6-14(7-5-13)12-19(16-8-9-16)17(20)15-3-2-10-18-11-15/h4-7,15-16,18H,2-3,8-12H2,1H3/t15-/m1/s1. The number of carbonyl (C=O) groups excluding carboxylic acids is 1. The van der Waals surface area contributed by atoms with Crippen LogP contribution < -0.4 is 5.32 Å². The first-order chi connectivity index (χ1) is 9.74. The molecule has 1 aromatic carbocycles. The number of rotatable bonds is 4. The molecule has 3 nitrogen and oxygen atoms in total. The summed E-state index contributed by atoms with van der Waals surface area (Å²) in [5, 5.41) is 3.35. The molecule has 20 heavy (non-hydrogen) atoms. The quantitative estimate of drug-likeness (QED) is 0.913. The van der Waals surface area contributed by atoms with Crippen LogP contribution in [0.2, 0.25) is 0 Å². The zero-order valence-electron chi connectivity index (χ0n) is 12.3. The molecule has 1 N–H and O–H groups in total. The van der Waals surface area contributed by atoms with Crippen LogP contribution in [0.3, 0.4) is 0 Å². The summed E-state index contributed by atoms with van der Waals surface area (Å²) in [7, 11) is 0. The molecule has 0 spiro atoms. The molecule has 1 aromatic rings. The Morgan fingerprint density at radius 3 is 2.60 bits per heavy atom. The van der Waals surface area contributed by atoms with Crippen molar-refractivity contribution >= 4 is 5.91 Å². The van der Waals surface area contributed by atoms with Gasteiger partial charge in [-0.1, -0.05) is 29.8 Å². The minimum atomic E-state index is 0.190. The van der Waals surface area contributed by atoms with Crippen molar-refractivity contribution in [2.75, 3.05) is 13.1 Å². The minimum Gasteiger partial charge on any atom is -0.335 e. The van der Waals surface area contributed by atoms with Gasteiger partial charge in [-0.05, 0) is 44.7 Å². The SMILES string of the molecule is Cc1ccc(CN(C(=O)[C@@H]2CCCNC2)C2CC2)cc1. The van der Waals surface area contributed by atoms with Gasteiger partial charge in [0.25, 0.3) is 0 Å². The Labute approximate surface area is 121 Å². The van der Waals surface area contributed by atoms with Gasteiger partial charge in [-0.2, -0.15) is 0 Å². The molecule has 1 heterocycles. The Balaban J connectivity index is 1.68. The highest BCUT2D eigenvalue weighted by Gasteiger charge is 2.36. The lowest BCUT2D eigenvalue weighted by Crippen LogP contribution is -2.43. The van der Waals surface area contributed by atoms with Crippen molar-refractivity contribution in [1.82, 2.24) is 10.2 Å². The first-order valence-corrected chi connectivity index (χ1v) is 7.81. The summed E-state index contributed by atoms with van der Waals surface area (Å²) >= 11 is 0. The molecule has 2 aliphatic rings. The highest BCUT2D eigenvalue weighted by molar-refractivity contribution is 5.79. The Morgan fingerprint density at radius 1 is 1.25 bits per heavy atom. The number of benzene rings is 1. The monoisotopic (exact) mass is 272 g/mol. The molecule has 0 radical (unpaired) electrons. The van der Waals surface area contributed by atoms with Crippen LogP contribution in [0.1, 0.15) is 36.8 Å². The summed E-state index contributed by atoms with van der Waals surface area (Å²) in [5.41, 5.74) is 2.52. The molecule has 3 heteroatoms. The van der Waals surface area contributed by atoms with Gasteiger partial charge < -0.3 is 10.2 Å². The van der Waals surface area contributed by atoms with Gasteiger partial charge in [0, 0.05) is 19.1 Å². The van der Waals surface area contributed by atoms with Crippen molar-refractivity contribution in [3.05, 3.63) is 35.4 Å². The lowest BCUT2D eigenvalue weighted by molar-refractivity contribution is -0.137. The number of aryl methyl sites for hydroxylation is 1. The summed E-state index contributed by atoms with van der Waals surface area (Å²) in [6.45, 7) is 4.79. The van der Waals surface area contributed by atoms with E-state index in [4.69, 9.17) is 0 Å². The predicted octanol–water partition coefficient (Wildman–Crippen LogP) is 2.49. The van der Waals surface area contributed by atoms with Crippen LogP contribution in [0, 0.1) is 12.8 Å². The average molecular weight is 272 g/mol. The molecule has 0 unspecified atom stereocenters. The molecular weight excluding hydrogens is 248 g/mol. The zero-order valence-corrected chi connectivity index (χ0v) is 12.3. The maximum atomic E-state index is 12.7. The van der Waals surface area contributed by atoms with Crippen LogP contribution in [0.15, 0.2) is 24.3 Å². The van der Waals surface area contributed by atoms with E-state index in [1.165, 1.54) is 24.0 Å². The summed E-state index contributed by atoms with van der Waals surface area (Å²) in [5.74, 6) is 0.551. The Bertz CT molecular complexity index is 458. The average Bonchev–Trinajstić information content (AvgIpc) is 3.31. The molecule has 1 saturated carbocycles. The van der Waals surface area contributed by atoms with Crippen LogP contribution in [0.5, 0.6) is 0 Å². The molecular formula is C17H24N2O. The summed E-state index contributed by atoms with van der Waals surface area (Å²) in [4.78, 5) is 14.9. The first kappa shape index (κ1) is 13.6. The Morgan fingerprint density at radius 2 is 2.00 bits per heavy atom. The molecule has 0 aromatic heterocycles. The second kappa shape index (κ2) is 5.96. The molecule has 1 atom stereocenters. The molecule has 3 rings (SSSR count). The third-order valence-electron chi connectivity index (χ3n) is 4.39. The van der Waals surface area contributed by atoms with Crippen molar-refractivity contribution in [1.29, 1.82) is 0 Å². The molecule has 1 amide bonds. The lowest BCUT2D eigenvalue weighted by atomic mass is 9.97. The van der Waals surface area contributed by atoms with E-state index in [-0.39, 0.29) is 5.92 Å². The second-order valence-electron chi connectivity index (χ2n) is 6.23. The number of carbonyl (C=O) groups is 1. The highest BCUT2D eigenvalue weighted by Crippen LogP contribution is 2.30. The second-order valence-corrected chi connectivity index (χ2v) is 6.23. The number of amides is 1. The minimum absolute atomic E-state index is 0.190. The van der Waals surface area contributed by atoms with Crippen molar-refractivity contribution in [3.8, 4) is 0 Å². The maximum Gasteiger partial charge on any atom is 0.227 e. The van der Waals surface area contributed by atoms with E-state index < -0.39 is 0 Å². The normalized spacial score (nSPS) is 22.6. The van der Waals surface area contributed by atoms with Gasteiger partial charge in [0.05, 0.1) is 5.92 Å². The number of hydrogen-bond donors (Lipinski definition) is 1. The first-order valence-electron chi connectivity index (χ1n) is 7.81. The van der Waals surface area contributed by atoms with Gasteiger partial charge in [0.2, 0.25) is 5.91 Å². The van der Waals surface area contributed by atoms with E-state index in [0.29, 0.717) is 11.9 Å². The van der Waals surface area contributed by atoms with Crippen molar-refractivity contribution in [2.24, 2.45) is 5.92 Å². The van der Waals surface area contributed by atoms with Crippen LogP contribution in [-0.2, 0) is 11.3 Å². The highest BCUT2D eigenvalue weighted by atomic mass is 16.2. The van der Waals surface area contributed by atoms with Gasteiger partial charge in [-0.15, -0.1) is 0 Å². The maximum absolute atomic E-state index is 12.7. The van der Waals surface area contributed by atoms with Gasteiger partial charge in [-0.25, -0.2) is 0 Å². The fourth-order valence-electron chi connectivity index (χ4n) is 2.96. The smallest absolute Gasteiger partial charge is 0.227 e. The van der Waals surface area contributed by atoms with Crippen molar-refractivity contribution < 1.29 is 4.79 Å². The van der Waals surface area contributed by atoms with E-state index in [1.807, 2.05) is 0 Å². The topological polar surface area (TPSA) is 32.3 Å². The fraction of sp³-hybridized carbons (Fsp3) is 0.588. The summed E-state index contributed by atoms with van der Waals surface area (Å²) in [6.07, 6.45) is 4.53. The third-order valence-corrected chi connectivity index (χ3v) is 4.39. The number of piperidine rings is 1. The Hall–Kier alpha value is -1.35. The van der Waals surface area contributed by atoms with E-state index in [9.17, 15) is 4.79 Å². The summed E-state index contributed by atoms with van der Waals surface area (Å²) in [6, 6.07) is 9.06. The number of hydrogen-bond acceptors (Lipinski definition) is 2. The fourth-order valence-corrected chi connectivity index (χ4v) is 2.96. The molecule has 108 valence electrons. The van der Waals surface area contributed by atoms with Gasteiger partial charge in [0.15, 0.2) is 0 Å². The van der Waals surface area contributed by atoms with E-state index in [2.05, 4.69) is 41.4 Å². The molecule has 1 saturated heterocycles. The molecule has 1 aliphatic heterocycles. The van der Waals surface area contributed by atoms with Gasteiger partial charge in [0.1, 0.15) is 0 Å². The molecule has 0 bridgehead atoms. The Kier molecular flexibility index (Phi) is 4.06. The van der Waals surface area contributed by atoms with E-state index >= 15 is 0 Å². The van der Waals surface area contributed by atoms with Crippen molar-refractivity contribution in [3.63, 3.8) is 0 Å². The summed E-state index contributed by atoms with van der Waals surface area (Å²) < 4.78 is 0. The van der Waals surface area contributed by atoms with Gasteiger partial charge >= 0.3 is 0 Å². The lowest BCUT2D eigenvalue weighted by Gasteiger charge is -2.30. The van der Waals surface area contributed by atoms with Gasteiger partial charge in [-0.3, -0.25) is 4.79 Å².